The number of rotatable bonds is 4. The number of nitrogens with zero attached hydrogens (tertiary/aromatic N) is 3. The van der Waals surface area contributed by atoms with Gasteiger partial charge in [-0.1, -0.05) is 35.1 Å². The lowest BCUT2D eigenvalue weighted by Gasteiger charge is -2.22. The predicted octanol–water partition coefficient (Wildman–Crippen LogP) is 4.83. The molecule has 1 aliphatic rings. The molecule has 0 unspecified atom stereocenters. The van der Waals surface area contributed by atoms with Gasteiger partial charge in [-0.05, 0) is 49.7 Å². The van der Waals surface area contributed by atoms with Gasteiger partial charge in [0.2, 0.25) is 10.9 Å². The fourth-order valence-electron chi connectivity index (χ4n) is 3.73. The molecule has 1 amide bonds. The van der Waals surface area contributed by atoms with Crippen molar-refractivity contribution in [3.63, 3.8) is 0 Å². The van der Waals surface area contributed by atoms with Crippen LogP contribution < -0.4 is 15.1 Å². The fourth-order valence-corrected chi connectivity index (χ4v) is 4.49. The summed E-state index contributed by atoms with van der Waals surface area (Å²) in [7, 11) is 0. The van der Waals surface area contributed by atoms with Crippen LogP contribution in [0.4, 0.5) is 5.13 Å². The number of anilines is 1. The Balaban J connectivity index is 1.73. The smallest absolute Gasteiger partial charge is 0.297 e. The normalized spacial score (nSPS) is 15.7. The third-order valence-electron chi connectivity index (χ3n) is 4.95. The minimum atomic E-state index is -0.705. The topological polar surface area (TPSA) is 85.5 Å². The molecule has 7 nitrogen and oxygen atoms in total. The number of halogens is 1. The van der Waals surface area contributed by atoms with E-state index in [1.54, 1.807) is 18.2 Å². The predicted molar refractivity (Wildman–Crippen MR) is 118 cm³/mol. The van der Waals surface area contributed by atoms with Gasteiger partial charge < -0.3 is 9.15 Å². The van der Waals surface area contributed by atoms with Crippen LogP contribution in [0.2, 0.25) is 5.02 Å². The Morgan fingerprint density at radius 1 is 1.16 bits per heavy atom. The van der Waals surface area contributed by atoms with Crippen LogP contribution in [-0.2, 0) is 0 Å². The molecule has 0 N–H and O–H groups in total. The molecule has 4 aromatic rings. The quantitative estimate of drug-likeness (QED) is 0.439. The standard InChI is InChI=1S/C22H16ClN3O4S/c1-11(2)29-14-6-3-12(4-7-14)18-17-19(27)15-9-13(23)5-8-16(15)30-20(17)21(28)26(18)22-25-24-10-31-22/h3-11,18H,1-2H3/t18-/m0/s1. The molecule has 0 saturated carbocycles. The molecular formula is C22H16ClN3O4S. The largest absolute Gasteiger partial charge is 0.491 e. The van der Waals surface area contributed by atoms with Gasteiger partial charge in [-0.25, -0.2) is 0 Å². The molecule has 9 heteroatoms. The third kappa shape index (κ3) is 3.28. The first-order chi connectivity index (χ1) is 14.9. The first kappa shape index (κ1) is 19.7. The van der Waals surface area contributed by atoms with Gasteiger partial charge in [-0.3, -0.25) is 14.5 Å². The maximum absolute atomic E-state index is 13.5. The number of benzene rings is 2. The summed E-state index contributed by atoms with van der Waals surface area (Å²) < 4.78 is 11.6. The minimum Gasteiger partial charge on any atom is -0.491 e. The van der Waals surface area contributed by atoms with Crippen molar-refractivity contribution in [1.29, 1.82) is 0 Å². The highest BCUT2D eigenvalue weighted by atomic mass is 35.5. The van der Waals surface area contributed by atoms with E-state index in [1.807, 2.05) is 38.1 Å². The molecular weight excluding hydrogens is 438 g/mol. The molecule has 1 atom stereocenters. The van der Waals surface area contributed by atoms with Crippen molar-refractivity contribution in [1.82, 2.24) is 10.2 Å². The SMILES string of the molecule is CC(C)Oc1ccc([C@H]2c3c(oc4ccc(Cl)cc4c3=O)C(=O)N2c2nncs2)cc1. The first-order valence-corrected chi connectivity index (χ1v) is 10.8. The highest BCUT2D eigenvalue weighted by Crippen LogP contribution is 2.42. The maximum atomic E-state index is 13.5. The van der Waals surface area contributed by atoms with Gasteiger partial charge in [0.25, 0.3) is 5.91 Å². The van der Waals surface area contributed by atoms with Gasteiger partial charge in [0.1, 0.15) is 16.8 Å². The molecule has 0 aliphatic carbocycles. The lowest BCUT2D eigenvalue weighted by atomic mass is 9.98. The van der Waals surface area contributed by atoms with Crippen LogP contribution >= 0.6 is 22.9 Å². The zero-order valence-corrected chi connectivity index (χ0v) is 18.1. The monoisotopic (exact) mass is 453 g/mol. The van der Waals surface area contributed by atoms with Crippen molar-refractivity contribution in [3.8, 4) is 5.75 Å². The van der Waals surface area contributed by atoms with E-state index in [-0.39, 0.29) is 22.9 Å². The summed E-state index contributed by atoms with van der Waals surface area (Å²) in [6, 6.07) is 11.4. The lowest BCUT2D eigenvalue weighted by molar-refractivity contribution is 0.0970. The molecule has 0 saturated heterocycles. The van der Waals surface area contributed by atoms with Gasteiger partial charge in [0, 0.05) is 5.02 Å². The number of amides is 1. The molecule has 3 heterocycles. The second kappa shape index (κ2) is 7.47. The Labute approximate surface area is 185 Å². The molecule has 1 aliphatic heterocycles. The average molecular weight is 454 g/mol. The number of carbonyl (C=O) groups is 1. The lowest BCUT2D eigenvalue weighted by Crippen LogP contribution is -2.29. The van der Waals surface area contributed by atoms with Crippen LogP contribution in [0.3, 0.4) is 0 Å². The molecule has 156 valence electrons. The van der Waals surface area contributed by atoms with Crippen LogP contribution in [-0.4, -0.2) is 22.2 Å². The van der Waals surface area contributed by atoms with Crippen LogP contribution in [0, 0.1) is 0 Å². The van der Waals surface area contributed by atoms with Crippen LogP contribution in [0.25, 0.3) is 11.0 Å². The molecule has 0 spiro atoms. The molecule has 5 rings (SSSR count). The van der Waals surface area contributed by atoms with Gasteiger partial charge in [0.05, 0.1) is 23.1 Å². The van der Waals surface area contributed by atoms with Crippen LogP contribution in [0.5, 0.6) is 5.75 Å². The van der Waals surface area contributed by atoms with Crippen molar-refractivity contribution in [2.75, 3.05) is 4.90 Å². The van der Waals surface area contributed by atoms with Gasteiger partial charge >= 0.3 is 0 Å². The molecule has 31 heavy (non-hydrogen) atoms. The van der Waals surface area contributed by atoms with Gasteiger partial charge in [0.15, 0.2) is 5.43 Å². The fraction of sp³-hybridized carbons (Fsp3) is 0.182. The third-order valence-corrected chi connectivity index (χ3v) is 5.88. The van der Waals surface area contributed by atoms with E-state index in [4.69, 9.17) is 20.8 Å². The Morgan fingerprint density at radius 2 is 1.94 bits per heavy atom. The minimum absolute atomic E-state index is 0.00234. The van der Waals surface area contributed by atoms with Gasteiger partial charge in [-0.2, -0.15) is 0 Å². The van der Waals surface area contributed by atoms with E-state index in [2.05, 4.69) is 10.2 Å². The average Bonchev–Trinajstić information content (AvgIpc) is 3.36. The number of fused-ring (bicyclic) bond motifs is 2. The highest BCUT2D eigenvalue weighted by Gasteiger charge is 2.45. The van der Waals surface area contributed by atoms with Crippen molar-refractivity contribution >= 4 is 44.9 Å². The Bertz CT molecular complexity index is 1350. The zero-order valence-electron chi connectivity index (χ0n) is 16.5. The van der Waals surface area contributed by atoms with E-state index < -0.39 is 11.9 Å². The van der Waals surface area contributed by atoms with E-state index in [0.717, 1.165) is 5.56 Å². The molecule has 0 radical (unpaired) electrons. The Kier molecular flexibility index (Phi) is 4.75. The summed E-state index contributed by atoms with van der Waals surface area (Å²) in [6.45, 7) is 3.89. The number of ether oxygens (including phenoxy) is 1. The summed E-state index contributed by atoms with van der Waals surface area (Å²) in [5.74, 6) is 0.263. The van der Waals surface area contributed by atoms with E-state index in [0.29, 0.717) is 26.9 Å². The number of carbonyl (C=O) groups excluding carboxylic acids is 1. The summed E-state index contributed by atoms with van der Waals surface area (Å²) in [5, 5.41) is 9.03. The summed E-state index contributed by atoms with van der Waals surface area (Å²) in [6.07, 6.45) is 0.0284. The Morgan fingerprint density at radius 3 is 2.61 bits per heavy atom. The van der Waals surface area contributed by atoms with E-state index in [1.165, 1.54) is 21.7 Å². The summed E-state index contributed by atoms with van der Waals surface area (Å²) in [5.41, 5.74) is 2.53. The number of hydrogen-bond donors (Lipinski definition) is 0. The molecule has 0 fully saturated rings. The highest BCUT2D eigenvalue weighted by molar-refractivity contribution is 7.13. The second-order valence-electron chi connectivity index (χ2n) is 7.35. The first-order valence-electron chi connectivity index (χ1n) is 9.56. The summed E-state index contributed by atoms with van der Waals surface area (Å²) >= 11 is 7.31. The van der Waals surface area contributed by atoms with Crippen LogP contribution in [0.15, 0.2) is 57.2 Å². The van der Waals surface area contributed by atoms with Crippen molar-refractivity contribution in [3.05, 3.63) is 80.1 Å². The zero-order chi connectivity index (χ0) is 21.7. The van der Waals surface area contributed by atoms with E-state index in [9.17, 15) is 9.59 Å². The molecule has 0 bridgehead atoms. The van der Waals surface area contributed by atoms with Crippen molar-refractivity contribution in [2.24, 2.45) is 0 Å². The summed E-state index contributed by atoms with van der Waals surface area (Å²) in [4.78, 5) is 28.3. The van der Waals surface area contributed by atoms with E-state index >= 15 is 0 Å². The molecule has 2 aromatic carbocycles. The van der Waals surface area contributed by atoms with Crippen molar-refractivity contribution < 1.29 is 13.9 Å². The number of aromatic nitrogens is 2. The van der Waals surface area contributed by atoms with Crippen LogP contribution in [0.1, 0.15) is 41.6 Å². The molecule has 2 aromatic heterocycles. The van der Waals surface area contributed by atoms with Crippen molar-refractivity contribution in [2.45, 2.75) is 26.0 Å². The van der Waals surface area contributed by atoms with Gasteiger partial charge in [-0.15, -0.1) is 10.2 Å². The Hall–Kier alpha value is -3.23. The second-order valence-corrected chi connectivity index (χ2v) is 8.60. The number of hydrogen-bond acceptors (Lipinski definition) is 7. The maximum Gasteiger partial charge on any atom is 0.297 e.